The smallest absolute Gasteiger partial charge is 0.155 e. The van der Waals surface area contributed by atoms with Crippen LogP contribution >= 0.6 is 0 Å². The Hall–Kier alpha value is -2.35. The first-order valence-electron chi connectivity index (χ1n) is 6.43. The maximum absolute atomic E-state index is 9.28. The summed E-state index contributed by atoms with van der Waals surface area (Å²) >= 11 is 0. The Bertz CT molecular complexity index is 661. The number of hydrogen-bond donors (Lipinski definition) is 1. The number of aryl methyl sites for hydroxylation is 1. The van der Waals surface area contributed by atoms with Gasteiger partial charge in [-0.3, -0.25) is 0 Å². The normalized spacial score (nSPS) is 14.9. The molecule has 1 fully saturated rings. The first-order valence-corrected chi connectivity index (χ1v) is 6.43. The van der Waals surface area contributed by atoms with Crippen molar-refractivity contribution in [2.45, 2.75) is 32.1 Å². The van der Waals surface area contributed by atoms with Crippen molar-refractivity contribution in [2.75, 3.05) is 5.73 Å². The molecule has 2 aromatic rings. The van der Waals surface area contributed by atoms with Crippen LogP contribution in [-0.2, 0) is 0 Å². The van der Waals surface area contributed by atoms with E-state index in [1.54, 1.807) is 4.68 Å². The number of rotatable bonds is 2. The lowest BCUT2D eigenvalue weighted by Crippen LogP contribution is -2.11. The third-order valence-corrected chi connectivity index (χ3v) is 3.64. The Morgan fingerprint density at radius 1 is 1.42 bits per heavy atom. The van der Waals surface area contributed by atoms with Crippen molar-refractivity contribution >= 4 is 5.82 Å². The number of hydrogen-bond acceptors (Lipinski definition) is 4. The number of pyridine rings is 1. The van der Waals surface area contributed by atoms with Crippen LogP contribution < -0.4 is 5.73 Å². The molecule has 1 aliphatic rings. The van der Waals surface area contributed by atoms with E-state index in [0.717, 1.165) is 24.2 Å². The Labute approximate surface area is 111 Å². The predicted molar refractivity (Wildman–Crippen MR) is 71.8 cm³/mol. The zero-order valence-electron chi connectivity index (χ0n) is 10.8. The van der Waals surface area contributed by atoms with Crippen molar-refractivity contribution in [2.24, 2.45) is 0 Å². The van der Waals surface area contributed by atoms with Gasteiger partial charge >= 0.3 is 0 Å². The Morgan fingerprint density at radius 3 is 2.79 bits per heavy atom. The highest BCUT2D eigenvalue weighted by Crippen LogP contribution is 2.38. The van der Waals surface area contributed by atoms with Crippen LogP contribution in [0.25, 0.3) is 5.82 Å². The fourth-order valence-electron chi connectivity index (χ4n) is 2.35. The molecule has 5 heteroatoms. The summed E-state index contributed by atoms with van der Waals surface area (Å²) in [5, 5.41) is 13.8. The SMILES string of the molecule is Cc1cccc(-n2nc(C3CCC3)c(C#N)c2N)n1. The van der Waals surface area contributed by atoms with E-state index >= 15 is 0 Å². The minimum atomic E-state index is 0.378. The van der Waals surface area contributed by atoms with E-state index in [2.05, 4.69) is 16.2 Å². The maximum Gasteiger partial charge on any atom is 0.155 e. The molecule has 0 spiro atoms. The minimum absolute atomic E-state index is 0.378. The molecular weight excluding hydrogens is 238 g/mol. The molecule has 2 N–H and O–H groups in total. The molecule has 0 aliphatic heterocycles. The first-order chi connectivity index (χ1) is 9.20. The van der Waals surface area contributed by atoms with Crippen LogP contribution in [0.2, 0.25) is 0 Å². The number of anilines is 1. The van der Waals surface area contributed by atoms with Gasteiger partial charge in [0.1, 0.15) is 17.5 Å². The molecule has 5 nitrogen and oxygen atoms in total. The van der Waals surface area contributed by atoms with E-state index in [9.17, 15) is 5.26 Å². The van der Waals surface area contributed by atoms with Gasteiger partial charge in [0.05, 0.1) is 5.69 Å². The molecule has 0 amide bonds. The Kier molecular flexibility index (Phi) is 2.71. The molecule has 2 heterocycles. The van der Waals surface area contributed by atoms with Crippen LogP contribution in [0.1, 0.15) is 42.1 Å². The summed E-state index contributed by atoms with van der Waals surface area (Å²) in [5.74, 6) is 1.44. The summed E-state index contributed by atoms with van der Waals surface area (Å²) in [6.45, 7) is 1.92. The van der Waals surface area contributed by atoms with Gasteiger partial charge in [-0.1, -0.05) is 12.5 Å². The lowest BCUT2D eigenvalue weighted by Gasteiger charge is -2.23. The third kappa shape index (κ3) is 1.85. The topological polar surface area (TPSA) is 80.5 Å². The number of nitriles is 1. The lowest BCUT2D eigenvalue weighted by molar-refractivity contribution is 0.408. The summed E-state index contributed by atoms with van der Waals surface area (Å²) in [5.41, 5.74) is 8.29. The molecule has 0 saturated heterocycles. The molecule has 96 valence electrons. The second kappa shape index (κ2) is 4.39. The molecule has 2 aromatic heterocycles. The number of aromatic nitrogens is 3. The van der Waals surface area contributed by atoms with E-state index in [4.69, 9.17) is 5.73 Å². The quantitative estimate of drug-likeness (QED) is 0.890. The van der Waals surface area contributed by atoms with Crippen LogP contribution in [0.3, 0.4) is 0 Å². The summed E-state index contributed by atoms with van der Waals surface area (Å²) in [7, 11) is 0. The third-order valence-electron chi connectivity index (χ3n) is 3.64. The van der Waals surface area contributed by atoms with Gasteiger partial charge < -0.3 is 5.73 Å². The molecule has 1 aliphatic carbocycles. The Balaban J connectivity index is 2.12. The highest BCUT2D eigenvalue weighted by atomic mass is 15.3. The van der Waals surface area contributed by atoms with Crippen molar-refractivity contribution < 1.29 is 0 Å². The molecule has 1 saturated carbocycles. The standard InChI is InChI=1S/C14H15N5/c1-9-4-2-7-12(17-9)19-14(16)11(8-15)13(18-19)10-5-3-6-10/h2,4,7,10H,3,5-6,16H2,1H3. The van der Waals surface area contributed by atoms with Crippen molar-refractivity contribution in [1.29, 1.82) is 5.26 Å². The van der Waals surface area contributed by atoms with E-state index in [1.165, 1.54) is 6.42 Å². The number of nitrogens with zero attached hydrogens (tertiary/aromatic N) is 4. The van der Waals surface area contributed by atoms with E-state index < -0.39 is 0 Å². The average Bonchev–Trinajstić information content (AvgIpc) is 2.64. The van der Waals surface area contributed by atoms with Gasteiger partial charge in [-0.05, 0) is 31.9 Å². The van der Waals surface area contributed by atoms with Gasteiger partial charge in [0.15, 0.2) is 5.82 Å². The summed E-state index contributed by atoms with van der Waals surface area (Å²) in [4.78, 5) is 4.41. The van der Waals surface area contributed by atoms with Crippen molar-refractivity contribution in [3.8, 4) is 11.9 Å². The average molecular weight is 253 g/mol. The Morgan fingerprint density at radius 2 is 2.21 bits per heavy atom. The second-order valence-corrected chi connectivity index (χ2v) is 4.93. The second-order valence-electron chi connectivity index (χ2n) is 4.93. The van der Waals surface area contributed by atoms with Gasteiger partial charge in [-0.25, -0.2) is 4.98 Å². The van der Waals surface area contributed by atoms with Gasteiger partial charge in [-0.15, -0.1) is 0 Å². The molecular formula is C14H15N5. The fourth-order valence-corrected chi connectivity index (χ4v) is 2.35. The van der Waals surface area contributed by atoms with Crippen molar-refractivity contribution in [3.05, 3.63) is 35.2 Å². The maximum atomic E-state index is 9.28. The zero-order chi connectivity index (χ0) is 13.4. The molecule has 0 radical (unpaired) electrons. The predicted octanol–water partition coefficient (Wildman–Crippen LogP) is 2.30. The molecule has 3 rings (SSSR count). The lowest BCUT2D eigenvalue weighted by atomic mass is 9.82. The van der Waals surface area contributed by atoms with Gasteiger partial charge in [-0.2, -0.15) is 15.0 Å². The number of nitrogen functional groups attached to an aromatic ring is 1. The molecule has 0 bridgehead atoms. The van der Waals surface area contributed by atoms with Gasteiger partial charge in [0, 0.05) is 11.6 Å². The summed E-state index contributed by atoms with van der Waals surface area (Å²) in [6, 6.07) is 7.86. The molecule has 0 atom stereocenters. The van der Waals surface area contributed by atoms with Crippen LogP contribution in [0.4, 0.5) is 5.82 Å². The van der Waals surface area contributed by atoms with Gasteiger partial charge in [0.25, 0.3) is 0 Å². The first kappa shape index (κ1) is 11.7. The van der Waals surface area contributed by atoms with Gasteiger partial charge in [0.2, 0.25) is 0 Å². The highest BCUT2D eigenvalue weighted by Gasteiger charge is 2.28. The number of nitrogens with two attached hydrogens (primary N) is 1. The molecule has 0 aromatic carbocycles. The van der Waals surface area contributed by atoms with Crippen molar-refractivity contribution in [3.63, 3.8) is 0 Å². The van der Waals surface area contributed by atoms with Crippen LogP contribution in [-0.4, -0.2) is 14.8 Å². The van der Waals surface area contributed by atoms with E-state index in [0.29, 0.717) is 23.1 Å². The molecule has 19 heavy (non-hydrogen) atoms. The minimum Gasteiger partial charge on any atom is -0.382 e. The largest absolute Gasteiger partial charge is 0.382 e. The highest BCUT2D eigenvalue weighted by molar-refractivity contribution is 5.56. The zero-order valence-corrected chi connectivity index (χ0v) is 10.8. The van der Waals surface area contributed by atoms with Crippen LogP contribution in [0, 0.1) is 18.3 Å². The summed E-state index contributed by atoms with van der Waals surface area (Å²) in [6.07, 6.45) is 3.38. The molecule has 0 unspecified atom stereocenters. The van der Waals surface area contributed by atoms with E-state index in [-0.39, 0.29) is 0 Å². The van der Waals surface area contributed by atoms with Crippen LogP contribution in [0.5, 0.6) is 0 Å². The summed E-state index contributed by atoms with van der Waals surface area (Å²) < 4.78 is 1.58. The van der Waals surface area contributed by atoms with E-state index in [1.807, 2.05) is 25.1 Å². The fraction of sp³-hybridized carbons (Fsp3) is 0.357. The monoisotopic (exact) mass is 253 g/mol. The van der Waals surface area contributed by atoms with Crippen molar-refractivity contribution in [1.82, 2.24) is 14.8 Å². The van der Waals surface area contributed by atoms with Crippen LogP contribution in [0.15, 0.2) is 18.2 Å².